The average Bonchev–Trinajstić information content (AvgIpc) is 3.04. The third-order valence-electron chi connectivity index (χ3n) is 2.81. The van der Waals surface area contributed by atoms with Crippen molar-refractivity contribution < 1.29 is 9.90 Å². The molecule has 16 heavy (non-hydrogen) atoms. The van der Waals surface area contributed by atoms with E-state index in [0.717, 1.165) is 18.4 Å². The van der Waals surface area contributed by atoms with E-state index in [0.29, 0.717) is 18.0 Å². The van der Waals surface area contributed by atoms with Gasteiger partial charge in [0.2, 0.25) is 0 Å². The summed E-state index contributed by atoms with van der Waals surface area (Å²) in [4.78, 5) is 12.5. The maximum absolute atomic E-state index is 11.0. The van der Waals surface area contributed by atoms with Crippen LogP contribution in [0.4, 0.5) is 4.79 Å². The minimum atomic E-state index is -0.824. The van der Waals surface area contributed by atoms with E-state index in [2.05, 4.69) is 0 Å². The van der Waals surface area contributed by atoms with Gasteiger partial charge in [0.15, 0.2) is 0 Å². The summed E-state index contributed by atoms with van der Waals surface area (Å²) < 4.78 is 0. The first-order chi connectivity index (χ1) is 7.68. The normalized spacial score (nSPS) is 14.8. The SMILES string of the molecule is O=C(O)N(CCc1ccccc1Cl)C1CC1. The number of benzene rings is 1. The van der Waals surface area contributed by atoms with Crippen LogP contribution in [0, 0.1) is 0 Å². The van der Waals surface area contributed by atoms with Crippen LogP contribution in [0.1, 0.15) is 18.4 Å². The van der Waals surface area contributed by atoms with E-state index >= 15 is 0 Å². The fraction of sp³-hybridized carbons (Fsp3) is 0.417. The van der Waals surface area contributed by atoms with Crippen molar-refractivity contribution in [2.75, 3.05) is 6.54 Å². The van der Waals surface area contributed by atoms with E-state index in [9.17, 15) is 4.79 Å². The van der Waals surface area contributed by atoms with Gasteiger partial charge in [-0.1, -0.05) is 29.8 Å². The number of amides is 1. The van der Waals surface area contributed by atoms with Crippen LogP contribution >= 0.6 is 11.6 Å². The van der Waals surface area contributed by atoms with Crippen molar-refractivity contribution in [3.8, 4) is 0 Å². The molecule has 1 aromatic rings. The maximum atomic E-state index is 11.0. The van der Waals surface area contributed by atoms with Gasteiger partial charge in [-0.25, -0.2) is 4.79 Å². The molecule has 0 radical (unpaired) electrons. The monoisotopic (exact) mass is 239 g/mol. The Bertz CT molecular complexity index is 390. The highest BCUT2D eigenvalue weighted by Crippen LogP contribution is 2.27. The van der Waals surface area contributed by atoms with Crippen LogP contribution in [-0.4, -0.2) is 28.7 Å². The lowest BCUT2D eigenvalue weighted by atomic mass is 10.1. The first-order valence-electron chi connectivity index (χ1n) is 5.41. The Morgan fingerprint density at radius 3 is 2.69 bits per heavy atom. The Morgan fingerprint density at radius 2 is 2.12 bits per heavy atom. The molecule has 3 nitrogen and oxygen atoms in total. The molecule has 0 heterocycles. The second-order valence-corrected chi connectivity index (χ2v) is 4.46. The van der Waals surface area contributed by atoms with Gasteiger partial charge in [0.25, 0.3) is 0 Å². The quantitative estimate of drug-likeness (QED) is 0.878. The molecule has 1 aliphatic rings. The summed E-state index contributed by atoms with van der Waals surface area (Å²) in [5, 5.41) is 9.74. The Kier molecular flexibility index (Phi) is 3.34. The van der Waals surface area contributed by atoms with Crippen LogP contribution in [-0.2, 0) is 6.42 Å². The molecule has 1 saturated carbocycles. The minimum Gasteiger partial charge on any atom is -0.465 e. The zero-order valence-corrected chi connectivity index (χ0v) is 9.65. The second-order valence-electron chi connectivity index (χ2n) is 4.05. The largest absolute Gasteiger partial charge is 0.465 e. The molecule has 0 saturated heterocycles. The van der Waals surface area contributed by atoms with Gasteiger partial charge in [-0.2, -0.15) is 0 Å². The van der Waals surface area contributed by atoms with Crippen molar-refractivity contribution >= 4 is 17.7 Å². The molecule has 0 aliphatic heterocycles. The summed E-state index contributed by atoms with van der Waals surface area (Å²) in [6.07, 6.45) is 1.85. The Morgan fingerprint density at radius 1 is 1.44 bits per heavy atom. The molecule has 0 aromatic heterocycles. The zero-order chi connectivity index (χ0) is 11.5. The second kappa shape index (κ2) is 4.74. The fourth-order valence-electron chi connectivity index (χ4n) is 1.76. The third kappa shape index (κ3) is 2.67. The number of carboxylic acid groups (broad SMARTS) is 1. The Labute approximate surface area is 99.6 Å². The predicted octanol–water partition coefficient (Wildman–Crippen LogP) is 3.02. The number of hydrogen-bond donors (Lipinski definition) is 1. The summed E-state index contributed by atoms with van der Waals surface area (Å²) in [6, 6.07) is 7.81. The molecule has 0 spiro atoms. The predicted molar refractivity (Wildman–Crippen MR) is 62.9 cm³/mol. The van der Waals surface area contributed by atoms with Crippen LogP contribution < -0.4 is 0 Å². The number of hydrogen-bond acceptors (Lipinski definition) is 1. The maximum Gasteiger partial charge on any atom is 0.407 e. The van der Waals surface area contributed by atoms with E-state index in [1.807, 2.05) is 24.3 Å². The molecular weight excluding hydrogens is 226 g/mol. The smallest absolute Gasteiger partial charge is 0.407 e. The lowest BCUT2D eigenvalue weighted by Crippen LogP contribution is -2.33. The van der Waals surface area contributed by atoms with Gasteiger partial charge >= 0.3 is 6.09 Å². The van der Waals surface area contributed by atoms with Crippen molar-refractivity contribution in [2.24, 2.45) is 0 Å². The van der Waals surface area contributed by atoms with Crippen molar-refractivity contribution in [3.63, 3.8) is 0 Å². The molecule has 0 unspecified atom stereocenters. The van der Waals surface area contributed by atoms with Crippen LogP contribution in [0.15, 0.2) is 24.3 Å². The summed E-state index contributed by atoms with van der Waals surface area (Å²) >= 11 is 6.02. The number of carbonyl (C=O) groups is 1. The summed E-state index contributed by atoms with van der Waals surface area (Å²) in [6.45, 7) is 0.531. The van der Waals surface area contributed by atoms with E-state index in [4.69, 9.17) is 16.7 Å². The molecule has 1 aromatic carbocycles. The molecule has 1 fully saturated rings. The topological polar surface area (TPSA) is 40.5 Å². The summed E-state index contributed by atoms with van der Waals surface area (Å²) in [7, 11) is 0. The average molecular weight is 240 g/mol. The molecule has 2 rings (SSSR count). The van der Waals surface area contributed by atoms with Crippen LogP contribution in [0.2, 0.25) is 5.02 Å². The van der Waals surface area contributed by atoms with Crippen molar-refractivity contribution in [3.05, 3.63) is 34.9 Å². The first kappa shape index (κ1) is 11.3. The lowest BCUT2D eigenvalue weighted by molar-refractivity contribution is 0.142. The third-order valence-corrected chi connectivity index (χ3v) is 3.18. The minimum absolute atomic E-state index is 0.236. The molecular formula is C12H14ClNO2. The van der Waals surface area contributed by atoms with Crippen LogP contribution in [0.5, 0.6) is 0 Å². The fourth-order valence-corrected chi connectivity index (χ4v) is 1.99. The Balaban J connectivity index is 1.95. The lowest BCUT2D eigenvalue weighted by Gasteiger charge is -2.18. The highest BCUT2D eigenvalue weighted by molar-refractivity contribution is 6.31. The van der Waals surface area contributed by atoms with Gasteiger partial charge in [0.05, 0.1) is 0 Å². The van der Waals surface area contributed by atoms with E-state index in [1.54, 1.807) is 0 Å². The zero-order valence-electron chi connectivity index (χ0n) is 8.90. The van der Waals surface area contributed by atoms with E-state index in [1.165, 1.54) is 4.90 Å². The molecule has 1 amide bonds. The van der Waals surface area contributed by atoms with E-state index < -0.39 is 6.09 Å². The number of nitrogens with zero attached hydrogens (tertiary/aromatic N) is 1. The summed E-state index contributed by atoms with van der Waals surface area (Å²) in [5.41, 5.74) is 1.01. The van der Waals surface area contributed by atoms with Crippen molar-refractivity contribution in [1.29, 1.82) is 0 Å². The first-order valence-corrected chi connectivity index (χ1v) is 5.79. The standard InChI is InChI=1S/C12H14ClNO2/c13-11-4-2-1-3-9(11)7-8-14(12(15)16)10-5-6-10/h1-4,10H,5-8H2,(H,15,16). The van der Waals surface area contributed by atoms with Gasteiger partial charge in [-0.05, 0) is 30.9 Å². The van der Waals surface area contributed by atoms with Gasteiger partial charge in [-0.15, -0.1) is 0 Å². The van der Waals surface area contributed by atoms with E-state index in [-0.39, 0.29) is 6.04 Å². The van der Waals surface area contributed by atoms with Crippen LogP contribution in [0.25, 0.3) is 0 Å². The number of halogens is 1. The highest BCUT2D eigenvalue weighted by atomic mass is 35.5. The molecule has 0 bridgehead atoms. The number of rotatable bonds is 4. The van der Waals surface area contributed by atoms with Crippen molar-refractivity contribution in [1.82, 2.24) is 4.90 Å². The molecule has 86 valence electrons. The van der Waals surface area contributed by atoms with Crippen LogP contribution in [0.3, 0.4) is 0 Å². The molecule has 1 aliphatic carbocycles. The summed E-state index contributed by atoms with van der Waals surface area (Å²) in [5.74, 6) is 0. The molecule has 1 N–H and O–H groups in total. The van der Waals surface area contributed by atoms with Crippen molar-refractivity contribution in [2.45, 2.75) is 25.3 Å². The van der Waals surface area contributed by atoms with Gasteiger partial charge in [0.1, 0.15) is 0 Å². The van der Waals surface area contributed by atoms with Gasteiger partial charge in [0, 0.05) is 17.6 Å². The Hall–Kier alpha value is -1.22. The van der Waals surface area contributed by atoms with Gasteiger partial charge < -0.3 is 10.0 Å². The molecule has 4 heteroatoms. The highest BCUT2D eigenvalue weighted by Gasteiger charge is 2.32. The molecule has 0 atom stereocenters. The van der Waals surface area contributed by atoms with Gasteiger partial charge in [-0.3, -0.25) is 0 Å².